The lowest BCUT2D eigenvalue weighted by molar-refractivity contribution is -0.161. The highest BCUT2D eigenvalue weighted by Gasteiger charge is 2.65. The molecule has 0 aromatic carbocycles. The molecule has 0 amide bonds. The third-order valence-electron chi connectivity index (χ3n) is 6.17. The van der Waals surface area contributed by atoms with Gasteiger partial charge in [-0.15, -0.1) is 4.43 Å². The molecule has 2 radical (unpaired) electrons. The Morgan fingerprint density at radius 1 is 1.42 bits per heavy atom. The number of ether oxygens (including phenoxy) is 2. The first-order valence-electron chi connectivity index (χ1n) is 8.65. The van der Waals surface area contributed by atoms with Crippen LogP contribution in [0.5, 0.6) is 0 Å². The maximum atomic E-state index is 12.2. The molecule has 0 bridgehead atoms. The van der Waals surface area contributed by atoms with Gasteiger partial charge in [-0.2, -0.15) is 0 Å². The Balaban J connectivity index is 1.64. The lowest BCUT2D eigenvalue weighted by atomic mass is 9.59. The van der Waals surface area contributed by atoms with E-state index in [1.807, 2.05) is 25.3 Å². The summed E-state index contributed by atoms with van der Waals surface area (Å²) < 4.78 is 12.6. The summed E-state index contributed by atoms with van der Waals surface area (Å²) >= 11 is 2.63. The predicted molar refractivity (Wildman–Crippen MR) is 87.8 cm³/mol. The number of cyclic esters (lactones) is 1. The molecule has 7 atom stereocenters. The predicted octanol–water partition coefficient (Wildman–Crippen LogP) is 0.381. The van der Waals surface area contributed by atoms with Crippen molar-refractivity contribution in [2.24, 2.45) is 23.7 Å². The van der Waals surface area contributed by atoms with E-state index in [1.165, 1.54) is 0 Å². The number of carbonyl (C=O) groups excluding carboxylic acids is 1. The summed E-state index contributed by atoms with van der Waals surface area (Å²) in [4.78, 5) is 16.7. The number of fused-ring (bicyclic) bond motifs is 3. The molecule has 2 saturated heterocycles. The zero-order chi connectivity index (χ0) is 17.1. The third-order valence-corrected chi connectivity index (χ3v) is 6.51. The number of hydrogen-bond acceptors (Lipinski definition) is 5. The molecule has 4 rings (SSSR count). The minimum Gasteiger partial charge on any atom is -0.460 e. The normalized spacial score (nSPS) is 44.0. The number of esters is 1. The molecule has 6 heteroatoms. The van der Waals surface area contributed by atoms with Gasteiger partial charge in [0.2, 0.25) is 0 Å². The molecule has 5 nitrogen and oxygen atoms in total. The first-order chi connectivity index (χ1) is 11.4. The fourth-order valence-corrected chi connectivity index (χ4v) is 5.26. The van der Waals surface area contributed by atoms with Crippen LogP contribution < -0.4 is 4.43 Å². The van der Waals surface area contributed by atoms with Gasteiger partial charge < -0.3 is 14.6 Å². The lowest BCUT2D eigenvalue weighted by Gasteiger charge is -2.44. The van der Waals surface area contributed by atoms with E-state index in [0.717, 1.165) is 10.1 Å². The highest BCUT2D eigenvalue weighted by atomic mass is 27.0. The van der Waals surface area contributed by atoms with Crippen molar-refractivity contribution in [3.05, 3.63) is 24.0 Å². The van der Waals surface area contributed by atoms with Gasteiger partial charge in [-0.25, -0.2) is 4.79 Å². The Hall–Kier alpha value is -0.928. The van der Waals surface area contributed by atoms with E-state index < -0.39 is 11.6 Å². The van der Waals surface area contributed by atoms with E-state index in [0.29, 0.717) is 25.4 Å². The molecular weight excluding hydrogens is 321 g/mol. The largest absolute Gasteiger partial charge is 0.460 e. The molecule has 1 saturated carbocycles. The standard InChI is InChI=1S/C18H22NO4.Al/c1-10-8-18(21)16(11(2)23-17(18)20)15-13(10)9-22-14(15)7-12-5-3-4-6-19-12;/h3,5-6,10-11,13-16,21H,7-9H2,1-2H3;/t10-,11+,13+,14-,15+,16-,18-;/m0./s1. The lowest BCUT2D eigenvalue weighted by Crippen LogP contribution is -2.55. The van der Waals surface area contributed by atoms with Crippen LogP contribution in [0, 0.1) is 23.7 Å². The Labute approximate surface area is 150 Å². The second kappa shape index (κ2) is 5.81. The van der Waals surface area contributed by atoms with Crippen molar-refractivity contribution >= 4 is 26.7 Å². The summed E-state index contributed by atoms with van der Waals surface area (Å²) in [5, 5.41) is 11.0. The van der Waals surface area contributed by atoms with Gasteiger partial charge in [0.1, 0.15) is 6.10 Å². The number of hydrogen-bond donors (Lipinski definition) is 1. The van der Waals surface area contributed by atoms with Crippen LogP contribution >= 0.6 is 0 Å². The van der Waals surface area contributed by atoms with Gasteiger partial charge >= 0.3 is 5.97 Å². The highest BCUT2D eigenvalue weighted by Crippen LogP contribution is 2.55. The molecule has 1 N–H and O–H groups in total. The van der Waals surface area contributed by atoms with Gasteiger partial charge in [-0.1, -0.05) is 13.0 Å². The maximum Gasteiger partial charge on any atom is 0.338 e. The molecule has 1 aliphatic carbocycles. The molecule has 3 aliphatic rings. The molecular formula is C18H22AlNO4. The fraction of sp³-hybridized carbons (Fsp3) is 0.667. The molecule has 0 unspecified atom stereocenters. The molecule has 3 heterocycles. The second-order valence-corrected chi connectivity index (χ2v) is 8.31. The molecule has 1 aromatic heterocycles. The minimum absolute atomic E-state index is 0.0333. The zero-order valence-corrected chi connectivity index (χ0v) is 15.2. The van der Waals surface area contributed by atoms with Gasteiger partial charge in [0.15, 0.2) is 21.9 Å². The van der Waals surface area contributed by atoms with Gasteiger partial charge in [-0.3, -0.25) is 4.98 Å². The summed E-state index contributed by atoms with van der Waals surface area (Å²) in [5.41, 5.74) is -0.380. The molecule has 0 spiro atoms. The van der Waals surface area contributed by atoms with Crippen LogP contribution in [-0.2, 0) is 20.7 Å². The first kappa shape index (κ1) is 16.5. The quantitative estimate of drug-likeness (QED) is 0.621. The van der Waals surface area contributed by atoms with E-state index in [4.69, 9.17) is 9.47 Å². The van der Waals surface area contributed by atoms with Gasteiger partial charge in [-0.05, 0) is 31.2 Å². The molecule has 1 aromatic rings. The van der Waals surface area contributed by atoms with Crippen molar-refractivity contribution in [3.8, 4) is 0 Å². The monoisotopic (exact) mass is 343 g/mol. The Bertz CT molecular complexity index is 651. The van der Waals surface area contributed by atoms with Crippen LogP contribution in [-0.4, -0.2) is 56.8 Å². The number of nitrogens with zero attached hydrogens (tertiary/aromatic N) is 1. The number of aromatic nitrogens is 1. The van der Waals surface area contributed by atoms with E-state index in [-0.39, 0.29) is 30.0 Å². The minimum atomic E-state index is -1.36. The number of aliphatic hydroxyl groups is 1. The number of rotatable bonds is 2. The average Bonchev–Trinajstić information content (AvgIpc) is 3.02. The molecule has 3 fully saturated rings. The smallest absolute Gasteiger partial charge is 0.338 e. The van der Waals surface area contributed by atoms with Crippen LogP contribution in [0.1, 0.15) is 26.0 Å². The topological polar surface area (TPSA) is 68.7 Å². The van der Waals surface area contributed by atoms with Crippen LogP contribution in [0.2, 0.25) is 0 Å². The summed E-state index contributed by atoms with van der Waals surface area (Å²) in [5.74, 6) is 0.0681. The van der Waals surface area contributed by atoms with Crippen molar-refractivity contribution in [1.82, 2.24) is 4.98 Å². The van der Waals surface area contributed by atoms with Crippen LogP contribution in [0.25, 0.3) is 0 Å². The zero-order valence-electron chi connectivity index (χ0n) is 14.0. The van der Waals surface area contributed by atoms with E-state index >= 15 is 0 Å². The van der Waals surface area contributed by atoms with Crippen molar-refractivity contribution in [3.63, 3.8) is 0 Å². The molecule has 24 heavy (non-hydrogen) atoms. The van der Waals surface area contributed by atoms with Crippen LogP contribution in [0.15, 0.2) is 18.3 Å². The Kier molecular flexibility index (Phi) is 4.00. The average molecular weight is 343 g/mol. The van der Waals surface area contributed by atoms with Gasteiger partial charge in [0, 0.05) is 30.1 Å². The third kappa shape index (κ3) is 2.43. The number of carbonyl (C=O) groups is 1. The van der Waals surface area contributed by atoms with Crippen molar-refractivity contribution in [2.45, 2.75) is 44.5 Å². The maximum absolute atomic E-state index is 12.2. The van der Waals surface area contributed by atoms with Gasteiger partial charge in [0.25, 0.3) is 0 Å². The highest BCUT2D eigenvalue weighted by molar-refractivity contribution is 6.32. The number of pyridine rings is 1. The Morgan fingerprint density at radius 3 is 2.92 bits per heavy atom. The van der Waals surface area contributed by atoms with Crippen molar-refractivity contribution in [2.75, 3.05) is 6.61 Å². The summed E-state index contributed by atoms with van der Waals surface area (Å²) in [6.45, 7) is 4.69. The fourth-order valence-electron chi connectivity index (χ4n) is 5.09. The Morgan fingerprint density at radius 2 is 2.21 bits per heavy atom. The van der Waals surface area contributed by atoms with E-state index in [2.05, 4.69) is 28.2 Å². The molecule has 126 valence electrons. The van der Waals surface area contributed by atoms with Crippen molar-refractivity contribution in [1.29, 1.82) is 0 Å². The van der Waals surface area contributed by atoms with Crippen LogP contribution in [0.4, 0.5) is 0 Å². The van der Waals surface area contributed by atoms with E-state index in [9.17, 15) is 9.90 Å². The summed E-state index contributed by atoms with van der Waals surface area (Å²) in [7, 11) is 0. The second-order valence-electron chi connectivity index (χ2n) is 7.64. The van der Waals surface area contributed by atoms with Crippen molar-refractivity contribution < 1.29 is 19.4 Å². The SMILES string of the molecule is C[C@H]1C[C@@]2(O)C(=O)O[C@H](C)[C@H]2[C@@H]2[C@@H]1CO[C@H]2Cc1cc[c]([Al])cn1. The summed E-state index contributed by atoms with van der Waals surface area (Å²) in [6.07, 6.45) is 2.70. The summed E-state index contributed by atoms with van der Waals surface area (Å²) in [6, 6.07) is 4.03. The van der Waals surface area contributed by atoms with Gasteiger partial charge in [0.05, 0.1) is 12.7 Å². The van der Waals surface area contributed by atoms with Crippen LogP contribution in [0.3, 0.4) is 0 Å². The first-order valence-corrected chi connectivity index (χ1v) is 9.23. The van der Waals surface area contributed by atoms with E-state index in [1.54, 1.807) is 0 Å². The molecule has 2 aliphatic heterocycles.